The van der Waals surface area contributed by atoms with Gasteiger partial charge in [0.2, 0.25) is 0 Å². The van der Waals surface area contributed by atoms with E-state index >= 15 is 0 Å². The second-order valence-corrected chi connectivity index (χ2v) is 27.8. The van der Waals surface area contributed by atoms with E-state index in [-0.39, 0.29) is 46.5 Å². The van der Waals surface area contributed by atoms with Crippen LogP contribution < -0.4 is 40.2 Å². The molecule has 3 aliphatic rings. The Morgan fingerprint density at radius 3 is 1.79 bits per heavy atom. The molecule has 4 heterocycles. The molecule has 0 N–H and O–H groups in total. The highest BCUT2D eigenvalue weighted by molar-refractivity contribution is 7.23. The molecule has 9 aromatic carbocycles. The highest BCUT2D eigenvalue weighted by Crippen LogP contribution is 2.51. The molecule has 396 valence electrons. The zero-order chi connectivity index (χ0) is 61.4. The van der Waals surface area contributed by atoms with Crippen LogP contribution in [-0.2, 0) is 17.2 Å². The molecular weight excluding hydrogens is 989 g/mol. The van der Waals surface area contributed by atoms with Crippen LogP contribution in [0, 0.1) is 19.8 Å². The molecule has 0 saturated heterocycles. The molecule has 80 heavy (non-hydrogen) atoms. The first kappa shape index (κ1) is 43.4. The average Bonchev–Trinajstić information content (AvgIpc) is 1.59. The third-order valence-corrected chi connectivity index (χ3v) is 21.2. The van der Waals surface area contributed by atoms with Gasteiger partial charge in [0.1, 0.15) is 24.0 Å². The van der Waals surface area contributed by atoms with E-state index in [0.29, 0.717) is 35.1 Å². The predicted molar refractivity (Wildman–Crippen MR) is 340 cm³/mol. The zero-order valence-electron chi connectivity index (χ0n) is 54.3. The predicted octanol–water partition coefficient (Wildman–Crippen LogP) is 17.0. The Kier molecular flexibility index (Phi) is 10.5. The number of hydrogen-bond donors (Lipinski definition) is 0. The standard InChI is InChI=1S/C74H70N4OSi/c1-48(2)38-51-36-37-75-71(41-51)78-65-28-16-17-29-69(65)80(67-33-30-49(3)39-61(67)62-40-50(4)31-34-68(62)80)70-35-32-58(46-66(70)78)79-57-23-18-22-56(45-57)76-47-77(64-27-15-14-26-63(64)76)72-59(52-20-12-11-13-21-52)24-19-25-60(72)53-42-54(73(5,6)7)44-55(43-53)74(8,9)10/h11-37,39-46,48H,38,47H2,1-10H3/i11D,12D,13D,20D,21D,38D2. The van der Waals surface area contributed by atoms with Crippen molar-refractivity contribution in [2.45, 2.75) is 86.4 Å². The molecule has 0 amide bonds. The monoisotopic (exact) mass is 1070 g/mol. The van der Waals surface area contributed by atoms with Crippen molar-refractivity contribution in [3.63, 3.8) is 0 Å². The number of anilines is 7. The number of nitrogens with zero attached hydrogens (tertiary/aromatic N) is 4. The topological polar surface area (TPSA) is 31.8 Å². The molecule has 1 spiro atoms. The highest BCUT2D eigenvalue weighted by Gasteiger charge is 2.54. The van der Waals surface area contributed by atoms with Crippen molar-refractivity contribution in [1.82, 2.24) is 4.98 Å². The molecule has 0 saturated carbocycles. The number of aromatic nitrogens is 1. The van der Waals surface area contributed by atoms with Gasteiger partial charge in [-0.2, -0.15) is 0 Å². The van der Waals surface area contributed by atoms with E-state index in [0.717, 1.165) is 45.3 Å². The van der Waals surface area contributed by atoms with Crippen molar-refractivity contribution in [1.29, 1.82) is 0 Å². The van der Waals surface area contributed by atoms with Gasteiger partial charge >= 0.3 is 0 Å². The van der Waals surface area contributed by atoms with Gasteiger partial charge in [0.05, 0.1) is 29.6 Å². The SMILES string of the molecule is [2H]c1c([2H])c([2H])c(-c2cccc(-c3cc(C(C)(C)C)cc(C(C)(C)C)c3)c2N2CN(c3cccc(Oc4ccc5c(c4)N(c4cc(C([2H])([2H])C(C)C)ccn4)c4ccccc4[Si]54c5ccc(C)cc5-c5cc(C)ccc54)c3)c3ccccc32)c([2H])c1[2H]. The summed E-state index contributed by atoms with van der Waals surface area (Å²) in [6, 6.07) is 60.1. The molecule has 0 bridgehead atoms. The molecule has 0 atom stereocenters. The van der Waals surface area contributed by atoms with Crippen LogP contribution >= 0.6 is 0 Å². The number of benzene rings is 9. The van der Waals surface area contributed by atoms with Crippen LogP contribution in [-0.4, -0.2) is 19.7 Å². The first-order valence-corrected chi connectivity index (χ1v) is 29.9. The number of ether oxygens (including phenoxy) is 1. The Bertz CT molecular complexity index is 4360. The summed E-state index contributed by atoms with van der Waals surface area (Å²) in [5.74, 6) is 1.57. The van der Waals surface area contributed by atoms with Gasteiger partial charge in [-0.1, -0.05) is 212 Å². The molecule has 0 aliphatic carbocycles. The van der Waals surface area contributed by atoms with Gasteiger partial charge < -0.3 is 14.5 Å². The van der Waals surface area contributed by atoms with Crippen molar-refractivity contribution < 1.29 is 14.3 Å². The summed E-state index contributed by atoms with van der Waals surface area (Å²) < 4.78 is 70.5. The zero-order valence-corrected chi connectivity index (χ0v) is 48.3. The molecule has 0 unspecified atom stereocenters. The molecule has 13 rings (SSSR count). The summed E-state index contributed by atoms with van der Waals surface area (Å²) in [5.41, 5.74) is 15.3. The number of aryl methyl sites for hydroxylation is 2. The minimum atomic E-state index is -3.05. The molecule has 6 heteroatoms. The minimum Gasteiger partial charge on any atom is -0.457 e. The van der Waals surface area contributed by atoms with E-state index in [9.17, 15) is 5.48 Å². The molecule has 0 radical (unpaired) electrons. The van der Waals surface area contributed by atoms with Crippen molar-refractivity contribution >= 4 is 68.8 Å². The number of hydrogen-bond acceptors (Lipinski definition) is 5. The fraction of sp³-hybridized carbons (Fsp3) is 0.203. The van der Waals surface area contributed by atoms with Crippen LogP contribution in [0.5, 0.6) is 11.5 Å². The maximum Gasteiger partial charge on any atom is 0.185 e. The van der Waals surface area contributed by atoms with Crippen molar-refractivity contribution in [2.24, 2.45) is 5.92 Å². The fourth-order valence-corrected chi connectivity index (χ4v) is 17.9. The van der Waals surface area contributed by atoms with E-state index < -0.39 is 20.5 Å². The molecule has 5 nitrogen and oxygen atoms in total. The van der Waals surface area contributed by atoms with Gasteiger partial charge in [0.25, 0.3) is 0 Å². The Labute approximate surface area is 484 Å². The van der Waals surface area contributed by atoms with E-state index in [1.165, 1.54) is 54.1 Å². The van der Waals surface area contributed by atoms with Crippen LogP contribution in [0.2, 0.25) is 0 Å². The number of para-hydroxylation sites is 4. The Morgan fingerprint density at radius 2 is 1.12 bits per heavy atom. The molecular formula is C74H70N4OSi. The summed E-state index contributed by atoms with van der Waals surface area (Å²) in [6.45, 7) is 21.8. The van der Waals surface area contributed by atoms with Crippen molar-refractivity contribution in [2.75, 3.05) is 21.4 Å². The van der Waals surface area contributed by atoms with Crippen LogP contribution in [0.25, 0.3) is 33.4 Å². The lowest BCUT2D eigenvalue weighted by molar-refractivity contribution is 0.483. The summed E-state index contributed by atoms with van der Waals surface area (Å²) in [5, 5.41) is 5.09. The molecule has 0 fully saturated rings. The van der Waals surface area contributed by atoms with Crippen LogP contribution in [0.15, 0.2) is 212 Å². The quantitative estimate of drug-likeness (QED) is 0.135. The van der Waals surface area contributed by atoms with Crippen molar-refractivity contribution in [3.05, 3.63) is 240 Å². The largest absolute Gasteiger partial charge is 0.457 e. The molecule has 10 aromatic rings. The Balaban J connectivity index is 0.956. The number of rotatable bonds is 9. The second-order valence-electron chi connectivity index (χ2n) is 24.2. The minimum absolute atomic E-state index is 0.138. The normalized spacial score (nSPS) is 15.4. The van der Waals surface area contributed by atoms with Crippen LogP contribution in [0.3, 0.4) is 0 Å². The summed E-state index contributed by atoms with van der Waals surface area (Å²) >= 11 is 0. The van der Waals surface area contributed by atoms with E-state index in [4.69, 9.17) is 13.8 Å². The van der Waals surface area contributed by atoms with Gasteiger partial charge in [-0.15, -0.1) is 0 Å². The lowest BCUT2D eigenvalue weighted by atomic mass is 9.78. The average molecular weight is 1070 g/mol. The second kappa shape index (κ2) is 19.4. The third kappa shape index (κ3) is 8.63. The summed E-state index contributed by atoms with van der Waals surface area (Å²) in [7, 11) is -3.05. The van der Waals surface area contributed by atoms with Crippen molar-refractivity contribution in [3.8, 4) is 44.9 Å². The van der Waals surface area contributed by atoms with Crippen LogP contribution in [0.4, 0.5) is 39.9 Å². The maximum absolute atomic E-state index is 9.35. The lowest BCUT2D eigenvalue weighted by Crippen LogP contribution is -2.75. The van der Waals surface area contributed by atoms with E-state index in [1.807, 2.05) is 56.3 Å². The fourth-order valence-electron chi connectivity index (χ4n) is 12.5. The van der Waals surface area contributed by atoms with Gasteiger partial charge in [-0.25, -0.2) is 4.98 Å². The van der Waals surface area contributed by atoms with Crippen LogP contribution in [0.1, 0.15) is 92.8 Å². The lowest BCUT2D eigenvalue weighted by Gasteiger charge is -2.43. The van der Waals surface area contributed by atoms with E-state index in [2.05, 4.69) is 197 Å². The first-order chi connectivity index (χ1) is 41.4. The summed E-state index contributed by atoms with van der Waals surface area (Å²) in [4.78, 5) is 11.7. The first-order valence-electron chi connectivity index (χ1n) is 31.4. The molecule has 1 aromatic heterocycles. The Hall–Kier alpha value is -8.45. The van der Waals surface area contributed by atoms with Gasteiger partial charge in [0, 0.05) is 43.6 Å². The number of pyridine rings is 1. The van der Waals surface area contributed by atoms with E-state index in [1.54, 1.807) is 12.3 Å². The summed E-state index contributed by atoms with van der Waals surface area (Å²) in [6.07, 6.45) is 0.116. The third-order valence-electron chi connectivity index (χ3n) is 16.2. The Morgan fingerprint density at radius 1 is 0.537 bits per heavy atom. The number of fused-ring (bicyclic) bond motifs is 10. The highest BCUT2D eigenvalue weighted by atomic mass is 28.3. The van der Waals surface area contributed by atoms with Gasteiger partial charge in [0.15, 0.2) is 8.07 Å². The maximum atomic E-state index is 9.35. The van der Waals surface area contributed by atoms with Gasteiger partial charge in [-0.05, 0) is 145 Å². The molecule has 3 aliphatic heterocycles. The van der Waals surface area contributed by atoms with Gasteiger partial charge in [-0.3, -0.25) is 4.90 Å². The smallest absolute Gasteiger partial charge is 0.185 e.